The Balaban J connectivity index is 0.000000451. The van der Waals surface area contributed by atoms with Crippen LogP contribution in [0, 0.1) is 12.2 Å². The predicted octanol–water partition coefficient (Wildman–Crippen LogP) is 6.06. The van der Waals surface area contributed by atoms with Gasteiger partial charge in [-0.3, -0.25) is 12.2 Å². The Labute approximate surface area is 173 Å². The minimum Gasteiger partial charge on any atom is -1.00 e. The predicted molar refractivity (Wildman–Crippen MR) is 104 cm³/mol. The second kappa shape index (κ2) is 11.0. The Kier molecular flexibility index (Phi) is 8.63. The Bertz CT molecular complexity index is 692. The van der Waals surface area contributed by atoms with E-state index >= 15 is 0 Å². The number of hydrogen-bond donors (Lipinski definition) is 0. The van der Waals surface area contributed by atoms with Gasteiger partial charge >= 0.3 is 26.2 Å². The third kappa shape index (κ3) is 6.96. The molecular weight excluding hydrogens is 379 g/mol. The standard InChI is InChI=1S/2C12H11.Zr.2H/c2*1-2-6-11(7-3-1)10-12-8-4-5-9-12;;;/h2*1-4,6-8H,5,10H2;;;/q2*-1;+2;2*-1. The van der Waals surface area contributed by atoms with Gasteiger partial charge in [-0.05, 0) is 24.0 Å². The first-order valence-electron chi connectivity index (χ1n) is 8.50. The van der Waals surface area contributed by atoms with Gasteiger partial charge in [-0.2, -0.15) is 12.2 Å². The topological polar surface area (TPSA) is 0 Å². The maximum atomic E-state index is 3.31. The second-order valence-corrected chi connectivity index (χ2v) is 5.94. The number of rotatable bonds is 4. The first-order valence-corrected chi connectivity index (χ1v) is 8.50. The molecule has 0 nitrogen and oxygen atoms in total. The van der Waals surface area contributed by atoms with Crippen LogP contribution < -0.4 is 0 Å². The molecule has 1 heteroatoms. The fourth-order valence-corrected chi connectivity index (χ4v) is 2.77. The van der Waals surface area contributed by atoms with Crippen LogP contribution in [0.15, 0.2) is 96.1 Å². The molecule has 2 aliphatic rings. The molecule has 4 rings (SSSR count). The molecule has 0 fully saturated rings. The van der Waals surface area contributed by atoms with Gasteiger partial charge in [-0.1, -0.05) is 60.7 Å². The quantitative estimate of drug-likeness (QED) is 0.544. The van der Waals surface area contributed by atoms with Crippen molar-refractivity contribution in [2.75, 3.05) is 0 Å². The molecule has 0 bridgehead atoms. The van der Waals surface area contributed by atoms with E-state index in [1.807, 2.05) is 12.1 Å². The fourth-order valence-electron chi connectivity index (χ4n) is 2.77. The van der Waals surface area contributed by atoms with Gasteiger partial charge in [0.2, 0.25) is 0 Å². The van der Waals surface area contributed by atoms with E-state index in [0.29, 0.717) is 0 Å². The summed E-state index contributed by atoms with van der Waals surface area (Å²) < 4.78 is 0. The molecule has 0 N–H and O–H groups in total. The van der Waals surface area contributed by atoms with Crippen molar-refractivity contribution in [2.24, 2.45) is 0 Å². The van der Waals surface area contributed by atoms with Crippen LogP contribution in [-0.2, 0) is 39.0 Å². The third-order valence-electron chi connectivity index (χ3n) is 4.01. The van der Waals surface area contributed by atoms with Crippen molar-refractivity contribution in [3.8, 4) is 0 Å². The van der Waals surface area contributed by atoms with Crippen LogP contribution in [0.25, 0.3) is 0 Å². The van der Waals surface area contributed by atoms with Crippen LogP contribution in [0.4, 0.5) is 0 Å². The molecule has 0 saturated heterocycles. The van der Waals surface area contributed by atoms with Gasteiger partial charge in [-0.15, -0.1) is 12.8 Å². The minimum atomic E-state index is 0. The molecule has 0 aromatic heterocycles. The van der Waals surface area contributed by atoms with E-state index in [0.717, 1.165) is 25.7 Å². The molecule has 0 unspecified atom stereocenters. The van der Waals surface area contributed by atoms with E-state index in [2.05, 4.69) is 85.0 Å². The summed E-state index contributed by atoms with van der Waals surface area (Å²) in [4.78, 5) is 0. The molecule has 0 amide bonds. The summed E-state index contributed by atoms with van der Waals surface area (Å²) in [6.45, 7) is 0. The molecular formula is C24H24Zr-2. The molecule has 0 radical (unpaired) electrons. The Morgan fingerprint density at radius 1 is 0.640 bits per heavy atom. The van der Waals surface area contributed by atoms with Crippen molar-refractivity contribution in [1.29, 1.82) is 0 Å². The number of hydrogen-bond acceptors (Lipinski definition) is 0. The van der Waals surface area contributed by atoms with Crippen molar-refractivity contribution in [3.05, 3.63) is 119 Å². The molecule has 0 saturated carbocycles. The van der Waals surface area contributed by atoms with Crippen LogP contribution in [-0.4, -0.2) is 0 Å². The van der Waals surface area contributed by atoms with Crippen LogP contribution >= 0.6 is 0 Å². The fraction of sp³-hybridized carbons (Fsp3) is 0.167. The summed E-state index contributed by atoms with van der Waals surface area (Å²) in [5.74, 6) is 0. The monoisotopic (exact) mass is 402 g/mol. The number of benzene rings is 2. The zero-order valence-electron chi connectivity index (χ0n) is 16.4. The summed E-state index contributed by atoms with van der Waals surface area (Å²) >= 11 is 0. The SMILES string of the molecule is [C-]1=C(Cc2ccccc2)C=CC1.[C-]1=C(Cc2ccccc2)C=CC1.[H-].[H-].[Zr+2]. The summed E-state index contributed by atoms with van der Waals surface area (Å²) in [5, 5.41) is 0. The van der Waals surface area contributed by atoms with Gasteiger partial charge < -0.3 is 2.85 Å². The van der Waals surface area contributed by atoms with Gasteiger partial charge in [0.15, 0.2) is 0 Å². The van der Waals surface area contributed by atoms with Gasteiger partial charge in [0.05, 0.1) is 0 Å². The summed E-state index contributed by atoms with van der Waals surface area (Å²) in [6, 6.07) is 21.0. The van der Waals surface area contributed by atoms with Gasteiger partial charge in [0.25, 0.3) is 0 Å². The van der Waals surface area contributed by atoms with Gasteiger partial charge in [-0.25, -0.2) is 23.3 Å². The molecule has 0 atom stereocenters. The van der Waals surface area contributed by atoms with Crippen LogP contribution in [0.2, 0.25) is 0 Å². The third-order valence-corrected chi connectivity index (χ3v) is 4.01. The largest absolute Gasteiger partial charge is 2.00 e. The molecule has 2 aromatic carbocycles. The van der Waals surface area contributed by atoms with Gasteiger partial charge in [0, 0.05) is 0 Å². The van der Waals surface area contributed by atoms with E-state index in [4.69, 9.17) is 0 Å². The normalized spacial score (nSPS) is 14.2. The maximum Gasteiger partial charge on any atom is 2.00 e. The van der Waals surface area contributed by atoms with E-state index in [9.17, 15) is 0 Å². The average Bonchev–Trinajstić information content (AvgIpc) is 3.32. The van der Waals surface area contributed by atoms with Crippen molar-refractivity contribution >= 4 is 0 Å². The Morgan fingerprint density at radius 2 is 1.04 bits per heavy atom. The van der Waals surface area contributed by atoms with Gasteiger partial charge in [0.1, 0.15) is 0 Å². The molecule has 0 aliphatic heterocycles. The zero-order chi connectivity index (χ0) is 16.5. The molecule has 126 valence electrons. The summed E-state index contributed by atoms with van der Waals surface area (Å²) in [7, 11) is 0. The van der Waals surface area contributed by atoms with E-state index in [1.165, 1.54) is 22.3 Å². The van der Waals surface area contributed by atoms with Crippen molar-refractivity contribution < 1.29 is 29.1 Å². The van der Waals surface area contributed by atoms with E-state index < -0.39 is 0 Å². The minimum absolute atomic E-state index is 0. The van der Waals surface area contributed by atoms with Crippen molar-refractivity contribution in [1.82, 2.24) is 0 Å². The van der Waals surface area contributed by atoms with Crippen molar-refractivity contribution in [2.45, 2.75) is 25.7 Å². The average molecular weight is 404 g/mol. The number of allylic oxidation sites excluding steroid dienone is 8. The maximum absolute atomic E-state index is 3.31. The van der Waals surface area contributed by atoms with Crippen molar-refractivity contribution in [3.63, 3.8) is 0 Å². The first kappa shape index (κ1) is 19.6. The second-order valence-electron chi connectivity index (χ2n) is 5.94. The molecule has 0 heterocycles. The Morgan fingerprint density at radius 3 is 1.36 bits per heavy atom. The van der Waals surface area contributed by atoms with Crippen LogP contribution in [0.3, 0.4) is 0 Å². The Hall–Kier alpha value is -1.72. The van der Waals surface area contributed by atoms with Crippen LogP contribution in [0.5, 0.6) is 0 Å². The molecule has 0 spiro atoms. The zero-order valence-corrected chi connectivity index (χ0v) is 16.9. The van der Waals surface area contributed by atoms with E-state index in [1.54, 1.807) is 0 Å². The molecule has 2 aliphatic carbocycles. The summed E-state index contributed by atoms with van der Waals surface area (Å²) in [6.07, 6.45) is 19.3. The molecule has 25 heavy (non-hydrogen) atoms. The first-order chi connectivity index (χ1) is 11.9. The molecule has 2 aromatic rings. The summed E-state index contributed by atoms with van der Waals surface area (Å²) in [5.41, 5.74) is 5.38. The van der Waals surface area contributed by atoms with E-state index in [-0.39, 0.29) is 29.1 Å². The van der Waals surface area contributed by atoms with Crippen LogP contribution in [0.1, 0.15) is 26.8 Å². The smallest absolute Gasteiger partial charge is 1.00 e.